The van der Waals surface area contributed by atoms with Crippen LogP contribution in [0.1, 0.15) is 42.1 Å². The van der Waals surface area contributed by atoms with Gasteiger partial charge in [-0.1, -0.05) is 82.7 Å². The predicted octanol–water partition coefficient (Wildman–Crippen LogP) is 6.41. The van der Waals surface area contributed by atoms with E-state index in [2.05, 4.69) is 51.0 Å². The zero-order chi connectivity index (χ0) is 30.4. The fourth-order valence-electron chi connectivity index (χ4n) is 5.38. The molecule has 7 nitrogen and oxygen atoms in total. The average Bonchev–Trinajstić information content (AvgIpc) is 3.81. The Bertz CT molecular complexity index is 1570. The van der Waals surface area contributed by atoms with Gasteiger partial charge in [-0.25, -0.2) is 10.4 Å². The van der Waals surface area contributed by atoms with Gasteiger partial charge in [0.2, 0.25) is 5.90 Å². The summed E-state index contributed by atoms with van der Waals surface area (Å²) < 4.78 is 13.4. The number of carbonyl (C=O) groups excluding carboxylic acids is 1. The van der Waals surface area contributed by atoms with E-state index in [1.54, 1.807) is 0 Å². The Labute approximate surface area is 266 Å². The van der Waals surface area contributed by atoms with Gasteiger partial charge in [0.05, 0.1) is 6.61 Å². The molecule has 4 aromatic rings. The molecule has 8 heteroatoms. The van der Waals surface area contributed by atoms with Gasteiger partial charge in [-0.05, 0) is 77.4 Å². The van der Waals surface area contributed by atoms with Crippen molar-refractivity contribution < 1.29 is 19.4 Å². The molecule has 44 heavy (non-hydrogen) atoms. The topological polar surface area (TPSA) is 92.2 Å². The molecule has 1 aliphatic carbocycles. The highest BCUT2D eigenvalue weighted by atomic mass is 79.9. The second-order valence-corrected chi connectivity index (χ2v) is 12.3. The molecule has 1 fully saturated rings. The molecule has 0 unspecified atom stereocenters. The van der Waals surface area contributed by atoms with Crippen LogP contribution in [0.15, 0.2) is 113 Å². The minimum Gasteiger partial charge on any atom is -0.494 e. The van der Waals surface area contributed by atoms with E-state index < -0.39 is 11.6 Å². The average molecular weight is 655 g/mol. The van der Waals surface area contributed by atoms with E-state index in [0.29, 0.717) is 37.0 Å². The fraction of sp³-hybridized carbons (Fsp3) is 0.278. The van der Waals surface area contributed by atoms with Gasteiger partial charge in [-0.15, -0.1) is 0 Å². The molecule has 1 saturated carbocycles. The predicted molar refractivity (Wildman–Crippen MR) is 175 cm³/mol. The summed E-state index contributed by atoms with van der Waals surface area (Å²) in [6.07, 6.45) is 2.58. The van der Waals surface area contributed by atoms with Crippen molar-refractivity contribution >= 4 is 27.7 Å². The van der Waals surface area contributed by atoms with E-state index in [1.165, 1.54) is 12.8 Å². The number of amides is 1. The maximum atomic E-state index is 14.3. The second kappa shape index (κ2) is 13.8. The number of aliphatic imine (C=N–C) groups is 1. The van der Waals surface area contributed by atoms with Crippen molar-refractivity contribution in [3.63, 3.8) is 0 Å². The number of hydrogen-bond donors (Lipinski definition) is 3. The first-order chi connectivity index (χ1) is 21.5. The normalized spacial score (nSPS) is 19.2. The lowest BCUT2D eigenvalue weighted by Gasteiger charge is -2.31. The van der Waals surface area contributed by atoms with Crippen molar-refractivity contribution in [2.24, 2.45) is 10.9 Å². The van der Waals surface area contributed by atoms with Crippen LogP contribution in [0.25, 0.3) is 11.1 Å². The molecule has 0 saturated heterocycles. The van der Waals surface area contributed by atoms with Gasteiger partial charge in [-0.3, -0.25) is 10.2 Å². The van der Waals surface area contributed by atoms with Gasteiger partial charge < -0.3 is 14.6 Å². The fourth-order valence-corrected chi connectivity index (χ4v) is 5.65. The minimum atomic E-state index is -1.27. The maximum Gasteiger partial charge on any atom is 0.266 e. The molecule has 3 N–H and O–H groups in total. The van der Waals surface area contributed by atoms with Crippen LogP contribution in [0.5, 0.6) is 5.75 Å². The van der Waals surface area contributed by atoms with Gasteiger partial charge in [-0.2, -0.15) is 0 Å². The van der Waals surface area contributed by atoms with E-state index in [0.717, 1.165) is 38.8 Å². The van der Waals surface area contributed by atoms with Crippen LogP contribution in [0.3, 0.4) is 0 Å². The Balaban J connectivity index is 1.37. The van der Waals surface area contributed by atoms with Crippen LogP contribution < -0.4 is 15.6 Å². The third-order valence-corrected chi connectivity index (χ3v) is 8.56. The summed E-state index contributed by atoms with van der Waals surface area (Å²) in [4.78, 5) is 19.4. The largest absolute Gasteiger partial charge is 0.494 e. The quantitative estimate of drug-likeness (QED) is 0.115. The summed E-state index contributed by atoms with van der Waals surface area (Å²) >= 11 is 3.53. The van der Waals surface area contributed by atoms with Crippen molar-refractivity contribution in [2.45, 2.75) is 37.3 Å². The van der Waals surface area contributed by atoms with Gasteiger partial charge in [0.1, 0.15) is 5.75 Å². The van der Waals surface area contributed by atoms with E-state index in [9.17, 15) is 4.79 Å². The number of hydrazine groups is 1. The van der Waals surface area contributed by atoms with Crippen molar-refractivity contribution in [1.29, 1.82) is 0 Å². The molecule has 6 rings (SSSR count). The molecule has 2 atom stereocenters. The molecular weight excluding hydrogens is 618 g/mol. The first kappa shape index (κ1) is 30.1. The van der Waals surface area contributed by atoms with Crippen LogP contribution in [-0.4, -0.2) is 42.2 Å². The lowest BCUT2D eigenvalue weighted by Crippen LogP contribution is -2.54. The highest BCUT2D eigenvalue weighted by Gasteiger charge is 2.53. The first-order valence-electron chi connectivity index (χ1n) is 15.1. The van der Waals surface area contributed by atoms with Crippen LogP contribution in [0.4, 0.5) is 0 Å². The van der Waals surface area contributed by atoms with E-state index in [4.69, 9.17) is 19.6 Å². The van der Waals surface area contributed by atoms with Gasteiger partial charge in [0.25, 0.3) is 5.91 Å². The number of aliphatic hydroxyl groups is 1. The first-order valence-corrected chi connectivity index (χ1v) is 15.9. The lowest BCUT2D eigenvalue weighted by molar-refractivity contribution is -0.130. The van der Waals surface area contributed by atoms with Crippen LogP contribution in [0.2, 0.25) is 0 Å². The van der Waals surface area contributed by atoms with Crippen LogP contribution in [0, 0.1) is 5.92 Å². The van der Waals surface area contributed by atoms with Crippen molar-refractivity contribution in [3.05, 3.63) is 124 Å². The van der Waals surface area contributed by atoms with Gasteiger partial charge in [0.15, 0.2) is 11.6 Å². The number of carbonyl (C=O) groups is 1. The zero-order valence-corrected chi connectivity index (χ0v) is 26.0. The number of halogens is 1. The summed E-state index contributed by atoms with van der Waals surface area (Å²) in [5, 5.41) is 9.07. The number of benzene rings is 4. The van der Waals surface area contributed by atoms with E-state index in [1.807, 2.05) is 78.9 Å². The third kappa shape index (κ3) is 7.04. The molecule has 0 radical (unpaired) electrons. The molecule has 2 aliphatic rings. The zero-order valence-electron chi connectivity index (χ0n) is 24.4. The molecule has 0 bridgehead atoms. The highest BCUT2D eigenvalue weighted by molar-refractivity contribution is 9.10. The Morgan fingerprint density at radius 1 is 0.909 bits per heavy atom. The number of rotatable bonds is 13. The smallest absolute Gasteiger partial charge is 0.266 e. The third-order valence-electron chi connectivity index (χ3n) is 8.03. The number of nitrogens with zero attached hydrogens (tertiary/aromatic N) is 1. The summed E-state index contributed by atoms with van der Waals surface area (Å²) in [6, 6.07) is 33.9. The Hall–Kier alpha value is -3.98. The number of ether oxygens (including phenoxy) is 2. The van der Waals surface area contributed by atoms with Crippen molar-refractivity contribution in [2.75, 3.05) is 19.8 Å². The van der Waals surface area contributed by atoms with E-state index >= 15 is 0 Å². The molecule has 4 aromatic carbocycles. The monoisotopic (exact) mass is 653 g/mol. The molecule has 226 valence electrons. The molecule has 1 amide bonds. The van der Waals surface area contributed by atoms with Crippen molar-refractivity contribution in [3.8, 4) is 16.9 Å². The van der Waals surface area contributed by atoms with Gasteiger partial charge >= 0.3 is 0 Å². The van der Waals surface area contributed by atoms with E-state index in [-0.39, 0.29) is 12.5 Å². The Morgan fingerprint density at radius 3 is 2.27 bits per heavy atom. The molecule has 1 heterocycles. The lowest BCUT2D eigenvalue weighted by atomic mass is 9.82. The number of nitrogens with one attached hydrogen (secondary N) is 2. The Morgan fingerprint density at radius 2 is 1.59 bits per heavy atom. The minimum absolute atomic E-state index is 0.0779. The summed E-state index contributed by atoms with van der Waals surface area (Å²) in [5.41, 5.74) is 9.67. The van der Waals surface area contributed by atoms with Crippen molar-refractivity contribution in [1.82, 2.24) is 10.9 Å². The highest BCUT2D eigenvalue weighted by Crippen LogP contribution is 2.43. The standard InChI is InChI=1S/C36H36BrN3O4/c37-31-17-9-25(10-18-31)23-36(35(42)40-38-24-26-7-8-26)33(29-13-11-28(12-14-29)27-5-2-1-3-6-27)44-34(39-36)30-15-19-32(20-16-30)43-22-4-21-41/h1-3,5-6,9-20,26,33,38,41H,4,7-8,21-24H2,(H,40,42)/t33-,36-/m0/s1. The molecule has 0 spiro atoms. The second-order valence-electron chi connectivity index (χ2n) is 11.4. The summed E-state index contributed by atoms with van der Waals surface area (Å²) in [6.45, 7) is 1.23. The van der Waals surface area contributed by atoms with Crippen LogP contribution >= 0.6 is 15.9 Å². The number of hydrogen-bond acceptors (Lipinski definition) is 6. The SMILES string of the molecule is O=C(NNCC1CC1)[C@@]1(Cc2ccc(Br)cc2)N=C(c2ccc(OCCCO)cc2)O[C@H]1c1ccc(-c2ccccc2)cc1. The van der Waals surface area contributed by atoms with Crippen LogP contribution in [-0.2, 0) is 16.0 Å². The Kier molecular flexibility index (Phi) is 9.40. The maximum absolute atomic E-state index is 14.3. The molecule has 1 aliphatic heterocycles. The molecular formula is C36H36BrN3O4. The number of aliphatic hydroxyl groups excluding tert-OH is 1. The summed E-state index contributed by atoms with van der Waals surface area (Å²) in [5.74, 6) is 1.45. The van der Waals surface area contributed by atoms with Gasteiger partial charge in [0, 0.05) is 36.0 Å². The molecule has 0 aromatic heterocycles. The summed E-state index contributed by atoms with van der Waals surface area (Å²) in [7, 11) is 0.